The van der Waals surface area contributed by atoms with Crippen LogP contribution in [-0.4, -0.2) is 32.0 Å². The lowest BCUT2D eigenvalue weighted by Crippen LogP contribution is -2.11. The van der Waals surface area contributed by atoms with Gasteiger partial charge >= 0.3 is 0 Å². The van der Waals surface area contributed by atoms with Crippen molar-refractivity contribution < 1.29 is 8.42 Å². The summed E-state index contributed by atoms with van der Waals surface area (Å²) in [6, 6.07) is 0.277. The Hall–Kier alpha value is -0.460. The Labute approximate surface area is 106 Å². The van der Waals surface area contributed by atoms with Gasteiger partial charge in [-0.3, -0.25) is 0 Å². The molecule has 1 saturated heterocycles. The van der Waals surface area contributed by atoms with Gasteiger partial charge in [-0.2, -0.15) is 0 Å². The Kier molecular flexibility index (Phi) is 3.56. The van der Waals surface area contributed by atoms with Crippen LogP contribution in [0.25, 0.3) is 0 Å². The normalized spacial score (nSPS) is 25.0. The van der Waals surface area contributed by atoms with Gasteiger partial charge in [0.15, 0.2) is 9.84 Å². The molecule has 0 spiro atoms. The third kappa shape index (κ3) is 2.69. The third-order valence-electron chi connectivity index (χ3n) is 3.26. The summed E-state index contributed by atoms with van der Waals surface area (Å²) >= 11 is 1.65. The maximum absolute atomic E-state index is 11.5. The first-order chi connectivity index (χ1) is 7.93. The highest BCUT2D eigenvalue weighted by molar-refractivity contribution is 7.91. The van der Waals surface area contributed by atoms with Crippen LogP contribution in [0, 0.1) is 6.92 Å². The molecular formula is C11H18N2O2S2. The Morgan fingerprint density at radius 3 is 2.76 bits per heavy atom. The Balaban J connectivity index is 2.24. The molecule has 1 aliphatic rings. The summed E-state index contributed by atoms with van der Waals surface area (Å²) in [5.74, 6) is 0.696. The molecule has 0 amide bonds. The van der Waals surface area contributed by atoms with Crippen LogP contribution in [0.1, 0.15) is 40.9 Å². The van der Waals surface area contributed by atoms with E-state index in [1.807, 2.05) is 14.0 Å². The number of hydrogen-bond acceptors (Lipinski definition) is 5. The molecule has 0 aromatic carbocycles. The van der Waals surface area contributed by atoms with E-state index in [1.165, 1.54) is 4.88 Å². The largest absolute Gasteiger partial charge is 0.312 e. The van der Waals surface area contributed by atoms with Gasteiger partial charge < -0.3 is 5.32 Å². The molecule has 2 rings (SSSR count). The number of thiazole rings is 1. The van der Waals surface area contributed by atoms with Crippen LogP contribution in [0.2, 0.25) is 0 Å². The number of aromatic nitrogens is 1. The van der Waals surface area contributed by atoms with Crippen LogP contribution < -0.4 is 5.32 Å². The Bertz CT molecular complexity index is 508. The lowest BCUT2D eigenvalue weighted by molar-refractivity contribution is 0.601. The average Bonchev–Trinajstić information content (AvgIpc) is 2.80. The monoisotopic (exact) mass is 274 g/mol. The molecule has 0 saturated carbocycles. The van der Waals surface area contributed by atoms with Gasteiger partial charge in [0.1, 0.15) is 0 Å². The second-order valence-electron chi connectivity index (χ2n) is 4.61. The highest BCUT2D eigenvalue weighted by atomic mass is 32.2. The van der Waals surface area contributed by atoms with E-state index in [1.54, 1.807) is 11.3 Å². The summed E-state index contributed by atoms with van der Waals surface area (Å²) in [6.45, 7) is 4.09. The quantitative estimate of drug-likeness (QED) is 0.910. The summed E-state index contributed by atoms with van der Waals surface area (Å²) in [4.78, 5) is 5.76. The molecule has 1 fully saturated rings. The summed E-state index contributed by atoms with van der Waals surface area (Å²) in [5, 5.41) is 4.18. The lowest BCUT2D eigenvalue weighted by Gasteiger charge is -2.07. The predicted molar refractivity (Wildman–Crippen MR) is 70.3 cm³/mol. The van der Waals surface area contributed by atoms with Crippen LogP contribution in [-0.2, 0) is 9.84 Å². The number of rotatable bonds is 3. The van der Waals surface area contributed by atoms with Gasteiger partial charge in [0.2, 0.25) is 0 Å². The minimum absolute atomic E-state index is 0.113. The van der Waals surface area contributed by atoms with Crippen LogP contribution in [0.15, 0.2) is 0 Å². The molecule has 2 unspecified atom stereocenters. The Morgan fingerprint density at radius 2 is 2.24 bits per heavy atom. The summed E-state index contributed by atoms with van der Waals surface area (Å²) in [5.41, 5.74) is 1.02. The molecule has 2 atom stereocenters. The van der Waals surface area contributed by atoms with Crippen molar-refractivity contribution in [3.05, 3.63) is 15.6 Å². The highest BCUT2D eigenvalue weighted by Gasteiger charge is 2.31. The summed E-state index contributed by atoms with van der Waals surface area (Å²) in [7, 11) is -0.902. The van der Waals surface area contributed by atoms with Gasteiger partial charge in [0.05, 0.1) is 22.2 Å². The van der Waals surface area contributed by atoms with Crippen molar-refractivity contribution in [1.29, 1.82) is 0 Å². The summed E-state index contributed by atoms with van der Waals surface area (Å²) in [6.07, 6.45) is 0.725. The SMILES string of the molecule is CNC(C)c1sc(C2CCS(=O)(=O)C2)nc1C. The van der Waals surface area contributed by atoms with Crippen molar-refractivity contribution in [2.24, 2.45) is 0 Å². The molecule has 1 N–H and O–H groups in total. The van der Waals surface area contributed by atoms with E-state index in [2.05, 4.69) is 17.2 Å². The van der Waals surface area contributed by atoms with Gasteiger partial charge in [-0.25, -0.2) is 13.4 Å². The Morgan fingerprint density at radius 1 is 1.53 bits per heavy atom. The van der Waals surface area contributed by atoms with E-state index < -0.39 is 9.84 Å². The standard InChI is InChI=1S/C11H18N2O2S2/c1-7(12-3)10-8(2)13-11(16-10)9-4-5-17(14,15)6-9/h7,9,12H,4-6H2,1-3H3. The first-order valence-electron chi connectivity index (χ1n) is 5.78. The molecule has 17 heavy (non-hydrogen) atoms. The van der Waals surface area contributed by atoms with Crippen LogP contribution in [0.4, 0.5) is 0 Å². The second kappa shape index (κ2) is 4.66. The van der Waals surface area contributed by atoms with Gasteiger partial charge in [-0.05, 0) is 27.3 Å². The van der Waals surface area contributed by atoms with Gasteiger partial charge in [-0.1, -0.05) is 0 Å². The summed E-state index contributed by atoms with van der Waals surface area (Å²) < 4.78 is 22.9. The zero-order valence-corrected chi connectivity index (χ0v) is 12.0. The smallest absolute Gasteiger partial charge is 0.151 e. The maximum atomic E-state index is 11.5. The fourth-order valence-corrected chi connectivity index (χ4v) is 5.24. The maximum Gasteiger partial charge on any atom is 0.151 e. The zero-order chi connectivity index (χ0) is 12.6. The molecule has 4 nitrogen and oxygen atoms in total. The van der Waals surface area contributed by atoms with E-state index in [-0.39, 0.29) is 17.7 Å². The molecule has 96 valence electrons. The van der Waals surface area contributed by atoms with E-state index in [9.17, 15) is 8.42 Å². The molecule has 2 heterocycles. The van der Waals surface area contributed by atoms with Crippen molar-refractivity contribution in [3.8, 4) is 0 Å². The second-order valence-corrected chi connectivity index (χ2v) is 7.90. The minimum Gasteiger partial charge on any atom is -0.312 e. The molecule has 0 bridgehead atoms. The van der Waals surface area contributed by atoms with E-state index in [4.69, 9.17) is 0 Å². The van der Waals surface area contributed by atoms with Crippen molar-refractivity contribution in [2.75, 3.05) is 18.6 Å². The van der Waals surface area contributed by atoms with Crippen LogP contribution >= 0.6 is 11.3 Å². The van der Waals surface area contributed by atoms with Crippen molar-refractivity contribution in [2.45, 2.75) is 32.2 Å². The molecule has 1 aromatic rings. The van der Waals surface area contributed by atoms with E-state index in [0.717, 1.165) is 17.1 Å². The van der Waals surface area contributed by atoms with Gasteiger partial charge in [-0.15, -0.1) is 11.3 Å². The van der Waals surface area contributed by atoms with Crippen molar-refractivity contribution in [1.82, 2.24) is 10.3 Å². The third-order valence-corrected chi connectivity index (χ3v) is 6.53. The zero-order valence-electron chi connectivity index (χ0n) is 10.4. The topological polar surface area (TPSA) is 59.1 Å². The first kappa shape index (κ1) is 13.0. The average molecular weight is 274 g/mol. The molecule has 0 radical (unpaired) electrons. The van der Waals surface area contributed by atoms with E-state index in [0.29, 0.717) is 5.75 Å². The molecule has 0 aliphatic carbocycles. The van der Waals surface area contributed by atoms with Crippen LogP contribution in [0.5, 0.6) is 0 Å². The van der Waals surface area contributed by atoms with Gasteiger partial charge in [0, 0.05) is 16.8 Å². The molecule has 1 aliphatic heterocycles. The molecule has 1 aromatic heterocycles. The lowest BCUT2D eigenvalue weighted by atomic mass is 10.1. The van der Waals surface area contributed by atoms with Crippen molar-refractivity contribution >= 4 is 21.2 Å². The highest BCUT2D eigenvalue weighted by Crippen LogP contribution is 2.34. The molecule has 6 heteroatoms. The number of sulfone groups is 1. The number of hydrogen-bond donors (Lipinski definition) is 1. The van der Waals surface area contributed by atoms with Crippen LogP contribution in [0.3, 0.4) is 0 Å². The fourth-order valence-electron chi connectivity index (χ4n) is 2.13. The number of nitrogens with one attached hydrogen (secondary N) is 1. The number of nitrogens with zero attached hydrogens (tertiary/aromatic N) is 1. The number of aryl methyl sites for hydroxylation is 1. The van der Waals surface area contributed by atoms with Crippen molar-refractivity contribution in [3.63, 3.8) is 0 Å². The first-order valence-corrected chi connectivity index (χ1v) is 8.41. The molecular weight excluding hydrogens is 256 g/mol. The minimum atomic E-state index is -2.82. The predicted octanol–water partition coefficient (Wildman–Crippen LogP) is 1.63. The van der Waals surface area contributed by atoms with Gasteiger partial charge in [0.25, 0.3) is 0 Å². The van der Waals surface area contributed by atoms with E-state index >= 15 is 0 Å². The fraction of sp³-hybridized carbons (Fsp3) is 0.727.